The van der Waals surface area contributed by atoms with Crippen molar-refractivity contribution in [3.05, 3.63) is 30.1 Å². The first-order valence-electron chi connectivity index (χ1n) is 8.11. The highest BCUT2D eigenvalue weighted by atomic mass is 32.2. The van der Waals surface area contributed by atoms with E-state index in [2.05, 4.69) is 0 Å². The van der Waals surface area contributed by atoms with E-state index in [9.17, 15) is 17.6 Å². The molecule has 0 unspecified atom stereocenters. The van der Waals surface area contributed by atoms with Crippen molar-refractivity contribution in [2.75, 3.05) is 39.4 Å². The molecule has 8 heteroatoms. The molecule has 6 nitrogen and oxygen atoms in total. The molecule has 24 heavy (non-hydrogen) atoms. The molecule has 1 aromatic rings. The van der Waals surface area contributed by atoms with Crippen molar-refractivity contribution in [2.45, 2.75) is 17.7 Å². The Kier molecular flexibility index (Phi) is 5.17. The van der Waals surface area contributed by atoms with Crippen LogP contribution in [0.1, 0.15) is 12.8 Å². The number of amides is 1. The Labute approximate surface area is 141 Å². The molecule has 2 saturated heterocycles. The van der Waals surface area contributed by atoms with Crippen LogP contribution in [0.4, 0.5) is 4.39 Å². The predicted molar refractivity (Wildman–Crippen MR) is 85.3 cm³/mol. The zero-order valence-corrected chi connectivity index (χ0v) is 14.2. The molecule has 2 aliphatic heterocycles. The van der Waals surface area contributed by atoms with Gasteiger partial charge in [0.15, 0.2) is 0 Å². The molecule has 1 amide bonds. The highest BCUT2D eigenvalue weighted by molar-refractivity contribution is 7.89. The van der Waals surface area contributed by atoms with Crippen LogP contribution in [0, 0.1) is 11.7 Å². The van der Waals surface area contributed by atoms with Gasteiger partial charge in [-0.05, 0) is 25.0 Å². The van der Waals surface area contributed by atoms with Gasteiger partial charge in [-0.3, -0.25) is 4.79 Å². The normalized spacial score (nSPS) is 21.0. The standard InChI is InChI=1S/C16H21FN2O4S/c17-14-3-1-2-4-15(14)24(21,22)19-9-7-18(8-10-19)16(20)13-5-11-23-12-6-13/h1-4,13H,5-12H2. The molecule has 0 saturated carbocycles. The molecular formula is C16H21FN2O4S. The number of carbonyl (C=O) groups excluding carboxylic acids is 1. The molecule has 2 fully saturated rings. The summed E-state index contributed by atoms with van der Waals surface area (Å²) in [4.78, 5) is 13.9. The molecule has 2 aliphatic rings. The Bertz CT molecular complexity index is 696. The SMILES string of the molecule is O=C(C1CCOCC1)N1CCN(S(=O)(=O)c2ccccc2F)CC1. The number of piperazine rings is 1. The predicted octanol–water partition coefficient (Wildman–Crippen LogP) is 1.09. The van der Waals surface area contributed by atoms with E-state index in [-0.39, 0.29) is 29.8 Å². The lowest BCUT2D eigenvalue weighted by atomic mass is 9.98. The average Bonchev–Trinajstić information content (AvgIpc) is 2.62. The highest BCUT2D eigenvalue weighted by Crippen LogP contribution is 2.22. The number of halogens is 1. The van der Waals surface area contributed by atoms with Crippen molar-refractivity contribution in [1.82, 2.24) is 9.21 Å². The second kappa shape index (κ2) is 7.16. The number of sulfonamides is 1. The number of rotatable bonds is 3. The summed E-state index contributed by atoms with van der Waals surface area (Å²) >= 11 is 0. The number of hydrogen-bond donors (Lipinski definition) is 0. The van der Waals surface area contributed by atoms with Crippen molar-refractivity contribution in [3.8, 4) is 0 Å². The zero-order chi connectivity index (χ0) is 17.2. The molecule has 0 radical (unpaired) electrons. The monoisotopic (exact) mass is 356 g/mol. The molecule has 0 atom stereocenters. The quantitative estimate of drug-likeness (QED) is 0.813. The third kappa shape index (κ3) is 3.45. The molecule has 1 aromatic carbocycles. The topological polar surface area (TPSA) is 66.9 Å². The van der Waals surface area contributed by atoms with Gasteiger partial charge in [-0.25, -0.2) is 12.8 Å². The largest absolute Gasteiger partial charge is 0.381 e. The lowest BCUT2D eigenvalue weighted by Gasteiger charge is -2.36. The van der Waals surface area contributed by atoms with Gasteiger partial charge in [0.2, 0.25) is 15.9 Å². The van der Waals surface area contributed by atoms with E-state index in [1.54, 1.807) is 4.90 Å². The molecule has 2 heterocycles. The van der Waals surface area contributed by atoms with Crippen LogP contribution in [-0.4, -0.2) is 62.9 Å². The van der Waals surface area contributed by atoms with E-state index in [0.29, 0.717) is 39.1 Å². The summed E-state index contributed by atoms with van der Waals surface area (Å²) < 4.78 is 45.4. The fourth-order valence-corrected chi connectivity index (χ4v) is 4.63. The maximum Gasteiger partial charge on any atom is 0.246 e. The average molecular weight is 356 g/mol. The van der Waals surface area contributed by atoms with Crippen LogP contribution >= 0.6 is 0 Å². The zero-order valence-electron chi connectivity index (χ0n) is 13.4. The fraction of sp³-hybridized carbons (Fsp3) is 0.562. The second-order valence-electron chi connectivity index (χ2n) is 6.05. The van der Waals surface area contributed by atoms with Crippen molar-refractivity contribution >= 4 is 15.9 Å². The first-order valence-corrected chi connectivity index (χ1v) is 9.55. The number of hydrogen-bond acceptors (Lipinski definition) is 4. The Balaban J connectivity index is 1.64. The van der Waals surface area contributed by atoms with Gasteiger partial charge in [-0.2, -0.15) is 4.31 Å². The Morgan fingerprint density at radius 3 is 2.33 bits per heavy atom. The van der Waals surface area contributed by atoms with E-state index < -0.39 is 15.8 Å². The molecule has 3 rings (SSSR count). The van der Waals surface area contributed by atoms with Gasteiger partial charge in [0.1, 0.15) is 10.7 Å². The number of benzene rings is 1. The van der Waals surface area contributed by atoms with Crippen molar-refractivity contribution in [3.63, 3.8) is 0 Å². The van der Waals surface area contributed by atoms with Crippen LogP contribution in [0.15, 0.2) is 29.2 Å². The molecule has 132 valence electrons. The smallest absolute Gasteiger partial charge is 0.246 e. The molecule has 0 bridgehead atoms. The third-order valence-electron chi connectivity index (χ3n) is 4.58. The molecular weight excluding hydrogens is 335 g/mol. The van der Waals surface area contributed by atoms with Crippen LogP contribution < -0.4 is 0 Å². The van der Waals surface area contributed by atoms with Crippen LogP contribution in [0.3, 0.4) is 0 Å². The molecule has 0 N–H and O–H groups in total. The van der Waals surface area contributed by atoms with Gasteiger partial charge in [0.05, 0.1) is 0 Å². The van der Waals surface area contributed by atoms with E-state index in [0.717, 1.165) is 6.07 Å². The summed E-state index contributed by atoms with van der Waals surface area (Å²) in [7, 11) is -3.87. The van der Waals surface area contributed by atoms with Gasteiger partial charge in [0, 0.05) is 45.3 Å². The van der Waals surface area contributed by atoms with Gasteiger partial charge in [-0.15, -0.1) is 0 Å². The number of nitrogens with zero attached hydrogens (tertiary/aromatic N) is 2. The van der Waals surface area contributed by atoms with E-state index >= 15 is 0 Å². The van der Waals surface area contributed by atoms with E-state index in [1.165, 1.54) is 22.5 Å². The van der Waals surface area contributed by atoms with E-state index in [4.69, 9.17) is 4.74 Å². The van der Waals surface area contributed by atoms with Crippen molar-refractivity contribution in [2.24, 2.45) is 5.92 Å². The van der Waals surface area contributed by atoms with Crippen LogP contribution in [0.25, 0.3) is 0 Å². The Morgan fingerprint density at radius 1 is 1.08 bits per heavy atom. The van der Waals surface area contributed by atoms with Crippen molar-refractivity contribution < 1.29 is 22.3 Å². The van der Waals surface area contributed by atoms with Gasteiger partial charge >= 0.3 is 0 Å². The first-order chi connectivity index (χ1) is 11.5. The number of carbonyl (C=O) groups is 1. The Morgan fingerprint density at radius 2 is 1.71 bits per heavy atom. The molecule has 0 spiro atoms. The van der Waals surface area contributed by atoms with Gasteiger partial charge < -0.3 is 9.64 Å². The lowest BCUT2D eigenvalue weighted by Crippen LogP contribution is -2.52. The summed E-state index contributed by atoms with van der Waals surface area (Å²) in [5, 5.41) is 0. The number of ether oxygens (including phenoxy) is 1. The first kappa shape index (κ1) is 17.3. The van der Waals surface area contributed by atoms with Gasteiger partial charge in [0.25, 0.3) is 0 Å². The Hall–Kier alpha value is -1.51. The van der Waals surface area contributed by atoms with Gasteiger partial charge in [-0.1, -0.05) is 12.1 Å². The summed E-state index contributed by atoms with van der Waals surface area (Å²) in [5.74, 6) is -0.715. The van der Waals surface area contributed by atoms with Crippen molar-refractivity contribution in [1.29, 1.82) is 0 Å². The summed E-state index contributed by atoms with van der Waals surface area (Å²) in [6, 6.07) is 5.36. The fourth-order valence-electron chi connectivity index (χ4n) is 3.14. The second-order valence-corrected chi connectivity index (χ2v) is 7.95. The van der Waals surface area contributed by atoms with Crippen LogP contribution in [-0.2, 0) is 19.6 Å². The lowest BCUT2D eigenvalue weighted by molar-refractivity contribution is -0.139. The summed E-state index contributed by atoms with van der Waals surface area (Å²) in [6.45, 7) is 2.24. The maximum atomic E-state index is 13.8. The third-order valence-corrected chi connectivity index (χ3v) is 6.51. The summed E-state index contributed by atoms with van der Waals surface area (Å²) in [5.41, 5.74) is 0. The minimum atomic E-state index is -3.87. The van der Waals surface area contributed by atoms with Crippen LogP contribution in [0.2, 0.25) is 0 Å². The molecule has 0 aromatic heterocycles. The summed E-state index contributed by atoms with van der Waals surface area (Å²) in [6.07, 6.45) is 1.43. The molecule has 0 aliphatic carbocycles. The minimum absolute atomic E-state index is 0.0338. The highest BCUT2D eigenvalue weighted by Gasteiger charge is 2.34. The van der Waals surface area contributed by atoms with E-state index in [1.807, 2.05) is 0 Å². The van der Waals surface area contributed by atoms with Crippen LogP contribution in [0.5, 0.6) is 0 Å². The maximum absolute atomic E-state index is 13.8. The minimum Gasteiger partial charge on any atom is -0.381 e.